The molecule has 0 unspecified atom stereocenters. The number of nitrogens with zero attached hydrogens (tertiary/aromatic N) is 1. The second-order valence-corrected chi connectivity index (χ2v) is 3.57. The van der Waals surface area contributed by atoms with E-state index < -0.39 is 10.8 Å². The molecule has 0 saturated carbocycles. The highest BCUT2D eigenvalue weighted by Crippen LogP contribution is 2.25. The summed E-state index contributed by atoms with van der Waals surface area (Å²) in [6.07, 6.45) is 0. The Bertz CT molecular complexity index is 452. The van der Waals surface area contributed by atoms with Crippen molar-refractivity contribution in [3.63, 3.8) is 0 Å². The molecule has 0 radical (unpaired) electrons. The fourth-order valence-corrected chi connectivity index (χ4v) is 1.44. The van der Waals surface area contributed by atoms with Gasteiger partial charge in [-0.3, -0.25) is 19.7 Å². The van der Waals surface area contributed by atoms with Crippen molar-refractivity contribution in [2.45, 2.75) is 0 Å². The largest absolute Gasteiger partial charge is 0.382 e. The van der Waals surface area contributed by atoms with Gasteiger partial charge in [-0.1, -0.05) is 17.7 Å². The number of benzene rings is 1. The lowest BCUT2D eigenvalue weighted by molar-refractivity contribution is -0.385. The molecule has 0 aliphatic carbocycles. The van der Waals surface area contributed by atoms with Crippen LogP contribution < -0.4 is 5.48 Å². The molecule has 0 aliphatic rings. The van der Waals surface area contributed by atoms with E-state index in [-0.39, 0.29) is 29.5 Å². The van der Waals surface area contributed by atoms with Gasteiger partial charge in [0.05, 0.1) is 23.2 Å². The second-order valence-electron chi connectivity index (χ2n) is 3.16. The van der Waals surface area contributed by atoms with E-state index in [1.807, 2.05) is 0 Å². The number of nitro groups is 1. The summed E-state index contributed by atoms with van der Waals surface area (Å²) in [4.78, 5) is 26.5. The summed E-state index contributed by atoms with van der Waals surface area (Å²) in [6, 6.07) is 3.97. The van der Waals surface area contributed by atoms with Gasteiger partial charge in [-0.25, -0.2) is 5.48 Å². The summed E-state index contributed by atoms with van der Waals surface area (Å²) in [5, 5.41) is 10.7. The van der Waals surface area contributed by atoms with Crippen LogP contribution in [0.15, 0.2) is 18.2 Å². The monoisotopic (exact) mass is 274 g/mol. The van der Waals surface area contributed by atoms with Crippen LogP contribution in [0.1, 0.15) is 10.4 Å². The van der Waals surface area contributed by atoms with Crippen LogP contribution in [0.5, 0.6) is 0 Å². The molecule has 0 fully saturated rings. The fraction of sp³-hybridized carbons (Fsp3) is 0.300. The summed E-state index contributed by atoms with van der Waals surface area (Å²) in [5.41, 5.74) is 1.45. The Balaban J connectivity index is 2.81. The summed E-state index contributed by atoms with van der Waals surface area (Å²) < 4.78 is 4.70. The van der Waals surface area contributed by atoms with Crippen molar-refractivity contribution in [3.8, 4) is 0 Å². The van der Waals surface area contributed by atoms with Crippen LogP contribution >= 0.6 is 11.6 Å². The molecule has 7 nitrogen and oxygen atoms in total. The number of hydrogen-bond donors (Lipinski definition) is 1. The normalized spacial score (nSPS) is 10.1. The zero-order chi connectivity index (χ0) is 13.5. The van der Waals surface area contributed by atoms with Crippen molar-refractivity contribution >= 4 is 23.2 Å². The lowest BCUT2D eigenvalue weighted by Gasteiger charge is -2.07. The molecule has 0 saturated heterocycles. The SMILES string of the molecule is COCCONC(=O)c1c(Cl)cccc1[N+](=O)[O-]. The third-order valence-electron chi connectivity index (χ3n) is 1.97. The number of carbonyl (C=O) groups excluding carboxylic acids is 1. The van der Waals surface area contributed by atoms with E-state index in [0.29, 0.717) is 0 Å². The number of halogens is 1. The van der Waals surface area contributed by atoms with Crippen molar-refractivity contribution in [1.29, 1.82) is 0 Å². The molecule has 0 heterocycles. The Morgan fingerprint density at radius 2 is 2.22 bits per heavy atom. The average molecular weight is 275 g/mol. The van der Waals surface area contributed by atoms with Crippen molar-refractivity contribution in [3.05, 3.63) is 38.9 Å². The molecule has 0 spiro atoms. The second kappa shape index (κ2) is 6.90. The first-order valence-corrected chi connectivity index (χ1v) is 5.29. The van der Waals surface area contributed by atoms with Crippen LogP contribution in [0.2, 0.25) is 5.02 Å². The van der Waals surface area contributed by atoms with Gasteiger partial charge >= 0.3 is 0 Å². The molecule has 1 N–H and O–H groups in total. The molecule has 98 valence electrons. The Morgan fingerprint density at radius 1 is 1.50 bits per heavy atom. The molecule has 1 rings (SSSR count). The minimum atomic E-state index is -0.775. The van der Waals surface area contributed by atoms with Gasteiger partial charge in [-0.15, -0.1) is 0 Å². The quantitative estimate of drug-likeness (QED) is 0.483. The number of hydrogen-bond acceptors (Lipinski definition) is 5. The summed E-state index contributed by atoms with van der Waals surface area (Å²) in [6.45, 7) is 0.408. The number of nitrogens with one attached hydrogen (secondary N) is 1. The number of rotatable bonds is 6. The number of carbonyl (C=O) groups is 1. The van der Waals surface area contributed by atoms with Gasteiger partial charge in [0.2, 0.25) is 0 Å². The maximum Gasteiger partial charge on any atom is 0.283 e. The van der Waals surface area contributed by atoms with E-state index in [1.165, 1.54) is 25.3 Å². The van der Waals surface area contributed by atoms with Crippen LogP contribution in [0, 0.1) is 10.1 Å². The van der Waals surface area contributed by atoms with Gasteiger partial charge in [0.25, 0.3) is 11.6 Å². The van der Waals surface area contributed by atoms with E-state index in [9.17, 15) is 14.9 Å². The van der Waals surface area contributed by atoms with Crippen LogP contribution in [-0.4, -0.2) is 31.2 Å². The van der Waals surface area contributed by atoms with Gasteiger partial charge in [-0.2, -0.15) is 0 Å². The van der Waals surface area contributed by atoms with Crippen molar-refractivity contribution in [2.24, 2.45) is 0 Å². The minimum absolute atomic E-state index is 0.0166. The summed E-state index contributed by atoms with van der Waals surface area (Å²) >= 11 is 5.76. The average Bonchev–Trinajstić information content (AvgIpc) is 2.34. The number of hydroxylamine groups is 1. The highest BCUT2D eigenvalue weighted by atomic mass is 35.5. The number of nitro benzene ring substituents is 1. The van der Waals surface area contributed by atoms with Crippen LogP contribution in [0.4, 0.5) is 5.69 Å². The van der Waals surface area contributed by atoms with Crippen molar-refractivity contribution in [2.75, 3.05) is 20.3 Å². The molecule has 1 aromatic rings. The van der Waals surface area contributed by atoms with Gasteiger partial charge in [0.15, 0.2) is 0 Å². The first-order valence-electron chi connectivity index (χ1n) is 4.92. The lowest BCUT2D eigenvalue weighted by atomic mass is 10.1. The number of ether oxygens (including phenoxy) is 1. The number of methoxy groups -OCH3 is 1. The van der Waals surface area contributed by atoms with E-state index in [1.54, 1.807) is 0 Å². The van der Waals surface area contributed by atoms with E-state index in [4.69, 9.17) is 21.2 Å². The molecule has 0 aromatic heterocycles. The molecule has 1 amide bonds. The van der Waals surface area contributed by atoms with Crippen molar-refractivity contribution in [1.82, 2.24) is 5.48 Å². The van der Waals surface area contributed by atoms with Gasteiger partial charge in [0, 0.05) is 13.2 Å². The predicted octanol–water partition coefficient (Wildman–Crippen LogP) is 1.56. The Morgan fingerprint density at radius 3 is 2.83 bits per heavy atom. The van der Waals surface area contributed by atoms with Gasteiger partial charge in [0.1, 0.15) is 5.56 Å². The topological polar surface area (TPSA) is 90.7 Å². The lowest BCUT2D eigenvalue weighted by Crippen LogP contribution is -2.26. The van der Waals surface area contributed by atoms with Crippen LogP contribution in [0.3, 0.4) is 0 Å². The Labute approximate surface area is 108 Å². The maximum atomic E-state index is 11.7. The van der Waals surface area contributed by atoms with Crippen LogP contribution in [-0.2, 0) is 9.57 Å². The molecule has 0 atom stereocenters. The smallest absolute Gasteiger partial charge is 0.283 e. The van der Waals surface area contributed by atoms with Gasteiger partial charge in [-0.05, 0) is 6.07 Å². The molecule has 8 heteroatoms. The maximum absolute atomic E-state index is 11.7. The van der Waals surface area contributed by atoms with Crippen LogP contribution in [0.25, 0.3) is 0 Å². The molecular weight excluding hydrogens is 264 g/mol. The summed E-state index contributed by atoms with van der Waals surface area (Å²) in [5.74, 6) is -0.775. The zero-order valence-corrected chi connectivity index (χ0v) is 10.3. The first-order chi connectivity index (χ1) is 8.57. The molecular formula is C10H11ClN2O5. The Hall–Kier alpha value is -1.70. The molecule has 1 aromatic carbocycles. The van der Waals surface area contributed by atoms with Gasteiger partial charge < -0.3 is 4.74 Å². The third-order valence-corrected chi connectivity index (χ3v) is 2.28. The molecule has 18 heavy (non-hydrogen) atoms. The third kappa shape index (κ3) is 3.66. The highest BCUT2D eigenvalue weighted by Gasteiger charge is 2.23. The van der Waals surface area contributed by atoms with Crippen molar-refractivity contribution < 1.29 is 19.3 Å². The fourth-order valence-electron chi connectivity index (χ4n) is 1.18. The zero-order valence-electron chi connectivity index (χ0n) is 9.51. The Kier molecular flexibility index (Phi) is 5.50. The number of amides is 1. The highest BCUT2D eigenvalue weighted by molar-refractivity contribution is 6.34. The standard InChI is InChI=1S/C10H11ClN2O5/c1-17-5-6-18-12-10(14)9-7(11)3-2-4-8(9)13(15)16/h2-4H,5-6H2,1H3,(H,12,14). The minimum Gasteiger partial charge on any atom is -0.382 e. The molecule has 0 aliphatic heterocycles. The predicted molar refractivity (Wildman–Crippen MR) is 63.4 cm³/mol. The van der Waals surface area contributed by atoms with E-state index >= 15 is 0 Å². The summed E-state index contributed by atoms with van der Waals surface area (Å²) in [7, 11) is 1.48. The van der Waals surface area contributed by atoms with E-state index in [2.05, 4.69) is 5.48 Å². The first kappa shape index (κ1) is 14.4. The molecule has 0 bridgehead atoms. The van der Waals surface area contributed by atoms with E-state index in [0.717, 1.165) is 0 Å².